The number of likely N-dealkylation sites (tertiary alicyclic amines) is 1. The molecule has 1 N–H and O–H groups in total. The van der Waals surface area contributed by atoms with Crippen LogP contribution in [0.4, 0.5) is 0 Å². The average molecular weight is 399 g/mol. The number of nitrogens with zero attached hydrogens (tertiary/aromatic N) is 4. The lowest BCUT2D eigenvalue weighted by Crippen LogP contribution is -2.35. The third kappa shape index (κ3) is 4.30. The predicted molar refractivity (Wildman–Crippen MR) is 103 cm³/mol. The van der Waals surface area contributed by atoms with Crippen molar-refractivity contribution in [2.75, 3.05) is 40.0 Å². The second kappa shape index (κ2) is 8.71. The number of hydrogen-bond acceptors (Lipinski definition) is 6. The van der Waals surface area contributed by atoms with Crippen LogP contribution in [0.1, 0.15) is 20.8 Å². The van der Waals surface area contributed by atoms with Crippen molar-refractivity contribution in [2.24, 2.45) is 11.8 Å². The van der Waals surface area contributed by atoms with Crippen LogP contribution in [0.25, 0.3) is 0 Å². The molecule has 2 saturated heterocycles. The van der Waals surface area contributed by atoms with Crippen molar-refractivity contribution in [1.82, 2.24) is 25.0 Å². The summed E-state index contributed by atoms with van der Waals surface area (Å²) in [5.74, 6) is 0.160. The fourth-order valence-corrected chi connectivity index (χ4v) is 3.95. The number of rotatable bonds is 7. The summed E-state index contributed by atoms with van der Waals surface area (Å²) < 4.78 is 12.7. The SMILES string of the molecule is COCCn1ccc(C(=O)N2C[C@@H]3[C@@H](CNC(=O)c4cccnc4)CO[C@@H]3C2)n1. The molecule has 29 heavy (non-hydrogen) atoms. The van der Waals surface area contributed by atoms with Crippen molar-refractivity contribution >= 4 is 11.8 Å². The summed E-state index contributed by atoms with van der Waals surface area (Å²) in [5, 5.41) is 7.30. The molecule has 3 atom stereocenters. The highest BCUT2D eigenvalue weighted by atomic mass is 16.5. The maximum Gasteiger partial charge on any atom is 0.274 e. The van der Waals surface area contributed by atoms with Crippen LogP contribution in [-0.4, -0.2) is 77.5 Å². The van der Waals surface area contributed by atoms with Crippen LogP contribution >= 0.6 is 0 Å². The van der Waals surface area contributed by atoms with Crippen LogP contribution in [0.3, 0.4) is 0 Å². The molecule has 154 valence electrons. The molecule has 4 heterocycles. The van der Waals surface area contributed by atoms with E-state index in [1.54, 1.807) is 53.5 Å². The van der Waals surface area contributed by atoms with Crippen LogP contribution in [0.15, 0.2) is 36.8 Å². The molecule has 2 amide bonds. The van der Waals surface area contributed by atoms with Gasteiger partial charge in [-0.3, -0.25) is 19.3 Å². The summed E-state index contributed by atoms with van der Waals surface area (Å²) in [6, 6.07) is 5.21. The molecule has 2 aromatic rings. The molecule has 0 aliphatic carbocycles. The van der Waals surface area contributed by atoms with Gasteiger partial charge in [0.25, 0.3) is 11.8 Å². The molecule has 9 heteroatoms. The molecule has 0 unspecified atom stereocenters. The third-order valence-electron chi connectivity index (χ3n) is 5.56. The zero-order valence-corrected chi connectivity index (χ0v) is 16.4. The Balaban J connectivity index is 1.32. The smallest absolute Gasteiger partial charge is 0.274 e. The Morgan fingerprint density at radius 2 is 2.24 bits per heavy atom. The zero-order chi connectivity index (χ0) is 20.2. The summed E-state index contributed by atoms with van der Waals surface area (Å²) in [6.07, 6.45) is 4.98. The molecule has 0 bridgehead atoms. The maximum atomic E-state index is 12.8. The van der Waals surface area contributed by atoms with Crippen LogP contribution in [-0.2, 0) is 16.0 Å². The molecular weight excluding hydrogens is 374 g/mol. The number of aromatic nitrogens is 3. The molecule has 4 rings (SSSR count). The fourth-order valence-electron chi connectivity index (χ4n) is 3.95. The van der Waals surface area contributed by atoms with Gasteiger partial charge in [-0.15, -0.1) is 0 Å². The Labute approximate surface area is 169 Å². The van der Waals surface area contributed by atoms with E-state index >= 15 is 0 Å². The van der Waals surface area contributed by atoms with E-state index in [9.17, 15) is 9.59 Å². The molecule has 2 fully saturated rings. The topological polar surface area (TPSA) is 98.6 Å². The van der Waals surface area contributed by atoms with E-state index in [1.165, 1.54) is 0 Å². The summed E-state index contributed by atoms with van der Waals surface area (Å²) in [5.41, 5.74) is 0.970. The van der Waals surface area contributed by atoms with Crippen molar-refractivity contribution in [3.63, 3.8) is 0 Å². The normalized spacial score (nSPS) is 23.2. The van der Waals surface area contributed by atoms with E-state index < -0.39 is 0 Å². The molecule has 0 saturated carbocycles. The number of methoxy groups -OCH3 is 1. The van der Waals surface area contributed by atoms with Gasteiger partial charge < -0.3 is 19.7 Å². The minimum atomic E-state index is -0.144. The second-order valence-electron chi connectivity index (χ2n) is 7.41. The molecule has 0 spiro atoms. The molecule has 9 nitrogen and oxygen atoms in total. The van der Waals surface area contributed by atoms with Gasteiger partial charge in [0.1, 0.15) is 5.69 Å². The fraction of sp³-hybridized carbons (Fsp3) is 0.500. The number of carbonyl (C=O) groups is 2. The lowest BCUT2D eigenvalue weighted by Gasteiger charge is -2.19. The minimum absolute atomic E-state index is 0.00909. The van der Waals surface area contributed by atoms with Gasteiger partial charge in [-0.05, 0) is 18.2 Å². The molecular formula is C20H25N5O4. The van der Waals surface area contributed by atoms with E-state index in [1.807, 2.05) is 0 Å². The van der Waals surface area contributed by atoms with Crippen LogP contribution in [0, 0.1) is 11.8 Å². The molecule has 0 radical (unpaired) electrons. The Hall–Kier alpha value is -2.78. The van der Waals surface area contributed by atoms with E-state index in [0.29, 0.717) is 50.7 Å². The van der Waals surface area contributed by atoms with Crippen molar-refractivity contribution in [2.45, 2.75) is 12.6 Å². The van der Waals surface area contributed by atoms with Crippen molar-refractivity contribution in [3.8, 4) is 0 Å². The van der Waals surface area contributed by atoms with E-state index in [2.05, 4.69) is 15.4 Å². The summed E-state index contributed by atoms with van der Waals surface area (Å²) in [7, 11) is 1.63. The number of amides is 2. The number of fused-ring (bicyclic) bond motifs is 1. The van der Waals surface area contributed by atoms with Crippen LogP contribution in [0.5, 0.6) is 0 Å². The predicted octanol–water partition coefficient (Wildman–Crippen LogP) is 0.442. The standard InChI is InChI=1S/C20H25N5O4/c1-28-8-7-25-6-4-17(23-25)20(27)24-11-16-15(13-29-18(16)12-24)10-22-19(26)14-3-2-5-21-9-14/h2-6,9,15-16,18H,7-8,10-13H2,1H3,(H,22,26)/t15-,16+,18+/m0/s1. The highest BCUT2D eigenvalue weighted by Crippen LogP contribution is 2.33. The number of hydrogen-bond donors (Lipinski definition) is 1. The minimum Gasteiger partial charge on any atom is -0.383 e. The highest BCUT2D eigenvalue weighted by molar-refractivity contribution is 5.94. The van der Waals surface area contributed by atoms with Gasteiger partial charge >= 0.3 is 0 Å². The summed E-state index contributed by atoms with van der Waals surface area (Å²) >= 11 is 0. The van der Waals surface area contributed by atoms with Gasteiger partial charge in [0.2, 0.25) is 0 Å². The zero-order valence-electron chi connectivity index (χ0n) is 16.4. The first-order chi connectivity index (χ1) is 14.2. The number of pyridine rings is 1. The molecule has 2 aliphatic heterocycles. The summed E-state index contributed by atoms with van der Waals surface area (Å²) in [4.78, 5) is 30.8. The van der Waals surface area contributed by atoms with Crippen molar-refractivity contribution in [1.29, 1.82) is 0 Å². The number of ether oxygens (including phenoxy) is 2. The van der Waals surface area contributed by atoms with E-state index in [-0.39, 0.29) is 29.8 Å². The van der Waals surface area contributed by atoms with Gasteiger partial charge in [0.15, 0.2) is 0 Å². The van der Waals surface area contributed by atoms with Gasteiger partial charge in [-0.2, -0.15) is 5.10 Å². The first-order valence-corrected chi connectivity index (χ1v) is 9.77. The number of carbonyl (C=O) groups excluding carboxylic acids is 2. The quantitative estimate of drug-likeness (QED) is 0.726. The highest BCUT2D eigenvalue weighted by Gasteiger charge is 2.45. The first-order valence-electron chi connectivity index (χ1n) is 9.77. The van der Waals surface area contributed by atoms with E-state index in [0.717, 1.165) is 0 Å². The lowest BCUT2D eigenvalue weighted by atomic mass is 9.93. The Morgan fingerprint density at radius 1 is 1.34 bits per heavy atom. The van der Waals surface area contributed by atoms with Gasteiger partial charge in [0.05, 0.1) is 31.4 Å². The lowest BCUT2D eigenvalue weighted by molar-refractivity contribution is 0.0669. The van der Waals surface area contributed by atoms with Crippen LogP contribution < -0.4 is 5.32 Å². The van der Waals surface area contributed by atoms with Crippen molar-refractivity contribution < 1.29 is 19.1 Å². The molecule has 2 aromatic heterocycles. The Morgan fingerprint density at radius 3 is 3.03 bits per heavy atom. The monoisotopic (exact) mass is 399 g/mol. The number of nitrogens with one attached hydrogen (secondary N) is 1. The van der Waals surface area contributed by atoms with Crippen molar-refractivity contribution in [3.05, 3.63) is 48.0 Å². The van der Waals surface area contributed by atoms with E-state index in [4.69, 9.17) is 9.47 Å². The molecule has 2 aliphatic rings. The van der Waals surface area contributed by atoms with Gasteiger partial charge in [0, 0.05) is 57.2 Å². The largest absolute Gasteiger partial charge is 0.383 e. The first kappa shape index (κ1) is 19.5. The summed E-state index contributed by atoms with van der Waals surface area (Å²) in [6.45, 7) is 3.43. The average Bonchev–Trinajstić information content (AvgIpc) is 3.47. The Bertz CT molecular complexity index is 856. The van der Waals surface area contributed by atoms with Crippen LogP contribution in [0.2, 0.25) is 0 Å². The Kier molecular flexibility index (Phi) is 5.86. The second-order valence-corrected chi connectivity index (χ2v) is 7.41. The molecule has 0 aromatic carbocycles. The van der Waals surface area contributed by atoms with Gasteiger partial charge in [-0.25, -0.2) is 0 Å². The third-order valence-corrected chi connectivity index (χ3v) is 5.56. The van der Waals surface area contributed by atoms with Gasteiger partial charge in [-0.1, -0.05) is 0 Å². The maximum absolute atomic E-state index is 12.8.